The van der Waals surface area contributed by atoms with Crippen LogP contribution in [0, 0.1) is 0 Å². The first-order valence-electron chi connectivity index (χ1n) is 12.8. The zero-order valence-corrected chi connectivity index (χ0v) is 24.8. The predicted octanol–water partition coefficient (Wildman–Crippen LogP) is 4.16. The quantitative estimate of drug-likeness (QED) is 0.194. The summed E-state index contributed by atoms with van der Waals surface area (Å²) in [5.74, 6) is 1.00. The molecule has 0 saturated heterocycles. The summed E-state index contributed by atoms with van der Waals surface area (Å²) >= 11 is 1.15. The van der Waals surface area contributed by atoms with E-state index in [-0.39, 0.29) is 28.7 Å². The number of nitrogens with one attached hydrogen (secondary N) is 1. The van der Waals surface area contributed by atoms with Crippen molar-refractivity contribution in [3.63, 3.8) is 0 Å². The van der Waals surface area contributed by atoms with Crippen LogP contribution in [0.3, 0.4) is 0 Å². The molecule has 3 aromatic carbocycles. The number of aryl methyl sites for hydroxylation is 1. The number of amides is 1. The van der Waals surface area contributed by atoms with Crippen LogP contribution < -0.4 is 25.5 Å². The average molecular weight is 597 g/mol. The second kappa shape index (κ2) is 12.8. The van der Waals surface area contributed by atoms with Crippen molar-refractivity contribution >= 4 is 44.3 Å². The summed E-state index contributed by atoms with van der Waals surface area (Å²) < 4.78 is 35.4. The van der Waals surface area contributed by atoms with Gasteiger partial charge in [0.05, 0.1) is 35.8 Å². The maximum Gasteiger partial charge on any atom is 0.262 e. The molecule has 0 aliphatic carbocycles. The molecule has 0 unspecified atom stereocenters. The lowest BCUT2D eigenvalue weighted by Crippen LogP contribution is -2.25. The molecule has 0 bridgehead atoms. The van der Waals surface area contributed by atoms with Gasteiger partial charge in [0.15, 0.2) is 16.7 Å². The molecular formula is C29H32N4O6S2. The molecule has 0 aliphatic heterocycles. The van der Waals surface area contributed by atoms with Crippen molar-refractivity contribution in [2.75, 3.05) is 25.3 Å². The van der Waals surface area contributed by atoms with Crippen LogP contribution in [0.15, 0.2) is 75.5 Å². The molecule has 0 aliphatic rings. The van der Waals surface area contributed by atoms with Gasteiger partial charge in [-0.05, 0) is 53.8 Å². The Balaban J connectivity index is 1.61. The molecule has 12 heteroatoms. The van der Waals surface area contributed by atoms with Crippen molar-refractivity contribution in [3.8, 4) is 11.5 Å². The molecule has 0 saturated carbocycles. The Bertz CT molecular complexity index is 1720. The first kappa shape index (κ1) is 30.1. The Morgan fingerprint density at radius 2 is 1.66 bits per heavy atom. The zero-order valence-electron chi connectivity index (χ0n) is 23.2. The third kappa shape index (κ3) is 7.26. The molecule has 4 rings (SSSR count). The van der Waals surface area contributed by atoms with Gasteiger partial charge >= 0.3 is 0 Å². The number of primary sulfonamides is 1. The van der Waals surface area contributed by atoms with E-state index in [0.717, 1.165) is 17.3 Å². The number of nitrogens with zero attached hydrogens (tertiary/aromatic N) is 2. The van der Waals surface area contributed by atoms with E-state index < -0.39 is 10.0 Å². The van der Waals surface area contributed by atoms with Crippen molar-refractivity contribution in [2.24, 2.45) is 5.14 Å². The first-order chi connectivity index (χ1) is 19.5. The number of methoxy groups -OCH3 is 2. The van der Waals surface area contributed by atoms with Crippen LogP contribution in [0.25, 0.3) is 10.9 Å². The minimum Gasteiger partial charge on any atom is -0.493 e. The van der Waals surface area contributed by atoms with Crippen LogP contribution in [-0.4, -0.2) is 43.8 Å². The van der Waals surface area contributed by atoms with Crippen molar-refractivity contribution < 1.29 is 22.7 Å². The Labute approximate surface area is 242 Å². The summed E-state index contributed by atoms with van der Waals surface area (Å²) in [6.07, 6.45) is 0.410. The number of carbonyl (C=O) groups excluding carboxylic acids is 1. The number of aromatic nitrogens is 2. The molecule has 1 aromatic heterocycles. The molecule has 216 valence electrons. The van der Waals surface area contributed by atoms with Crippen LogP contribution in [-0.2, 0) is 27.8 Å². The number of carbonyl (C=O) groups is 1. The van der Waals surface area contributed by atoms with Crippen molar-refractivity contribution in [2.45, 2.75) is 42.8 Å². The minimum absolute atomic E-state index is 0.00735. The van der Waals surface area contributed by atoms with Gasteiger partial charge in [-0.3, -0.25) is 14.2 Å². The molecule has 1 amide bonds. The number of hydrogen-bond acceptors (Lipinski definition) is 8. The smallest absolute Gasteiger partial charge is 0.262 e. The summed E-state index contributed by atoms with van der Waals surface area (Å²) in [5.41, 5.74) is 2.77. The van der Waals surface area contributed by atoms with Crippen LogP contribution in [0.2, 0.25) is 0 Å². The highest BCUT2D eigenvalue weighted by atomic mass is 32.2. The molecule has 0 fully saturated rings. The molecule has 41 heavy (non-hydrogen) atoms. The number of thioether (sulfide) groups is 1. The second-order valence-corrected chi connectivity index (χ2v) is 12.1. The maximum absolute atomic E-state index is 13.7. The van der Waals surface area contributed by atoms with Gasteiger partial charge in [-0.15, -0.1) is 0 Å². The second-order valence-electron chi connectivity index (χ2n) is 9.63. The standard InChI is InChI=1S/C29H32N4O6S2/c1-18(2)20-7-9-21(10-8-20)31-27(34)17-40-29-32-24-16-26(39-4)25(38-3)15-23(24)28(35)33(29)14-13-19-5-11-22(12-6-19)41(30,36)37/h5-12,15-16,18H,13-14,17H2,1-4H3,(H,31,34)(H2,30,36,37). The van der Waals surface area contributed by atoms with Crippen LogP contribution in [0.5, 0.6) is 11.5 Å². The molecule has 1 heterocycles. The normalized spacial score (nSPS) is 11.6. The highest BCUT2D eigenvalue weighted by molar-refractivity contribution is 7.99. The van der Waals surface area contributed by atoms with E-state index in [2.05, 4.69) is 19.2 Å². The SMILES string of the molecule is COc1cc2nc(SCC(=O)Nc3ccc(C(C)C)cc3)n(CCc3ccc(S(N)(=O)=O)cc3)c(=O)c2cc1OC. The van der Waals surface area contributed by atoms with Crippen molar-refractivity contribution in [1.29, 1.82) is 0 Å². The van der Waals surface area contributed by atoms with E-state index in [9.17, 15) is 18.0 Å². The molecule has 0 radical (unpaired) electrons. The van der Waals surface area contributed by atoms with E-state index >= 15 is 0 Å². The largest absolute Gasteiger partial charge is 0.493 e. The Morgan fingerprint density at radius 1 is 1.02 bits per heavy atom. The Hall–Kier alpha value is -3.87. The molecular weight excluding hydrogens is 564 g/mol. The monoisotopic (exact) mass is 596 g/mol. The molecule has 4 aromatic rings. The Morgan fingerprint density at radius 3 is 2.24 bits per heavy atom. The fraction of sp³-hybridized carbons (Fsp3) is 0.276. The summed E-state index contributed by atoms with van der Waals surface area (Å²) in [6.45, 7) is 4.45. The number of benzene rings is 3. The van der Waals surface area contributed by atoms with Gasteiger partial charge in [0.2, 0.25) is 15.9 Å². The van der Waals surface area contributed by atoms with Gasteiger partial charge < -0.3 is 14.8 Å². The first-order valence-corrected chi connectivity index (χ1v) is 15.3. The van der Waals surface area contributed by atoms with E-state index in [1.165, 1.54) is 36.5 Å². The lowest BCUT2D eigenvalue weighted by Gasteiger charge is -2.15. The van der Waals surface area contributed by atoms with E-state index in [1.807, 2.05) is 24.3 Å². The van der Waals surface area contributed by atoms with E-state index in [4.69, 9.17) is 19.6 Å². The predicted molar refractivity (Wildman–Crippen MR) is 161 cm³/mol. The number of ether oxygens (including phenoxy) is 2. The lowest BCUT2D eigenvalue weighted by molar-refractivity contribution is -0.113. The molecule has 0 spiro atoms. The molecule has 10 nitrogen and oxygen atoms in total. The van der Waals surface area contributed by atoms with Crippen LogP contribution in [0.4, 0.5) is 5.69 Å². The highest BCUT2D eigenvalue weighted by Crippen LogP contribution is 2.31. The number of fused-ring (bicyclic) bond motifs is 1. The number of sulfonamides is 1. The van der Waals surface area contributed by atoms with Gasteiger partial charge in [-0.2, -0.15) is 0 Å². The Kier molecular flexibility index (Phi) is 9.36. The number of hydrogen-bond donors (Lipinski definition) is 2. The van der Waals surface area contributed by atoms with Gasteiger partial charge in [0, 0.05) is 18.3 Å². The van der Waals surface area contributed by atoms with Crippen LogP contribution in [0.1, 0.15) is 30.9 Å². The third-order valence-electron chi connectivity index (χ3n) is 6.49. The summed E-state index contributed by atoms with van der Waals surface area (Å²) in [6, 6.07) is 17.1. The topological polar surface area (TPSA) is 143 Å². The van der Waals surface area contributed by atoms with E-state index in [1.54, 1.807) is 24.3 Å². The van der Waals surface area contributed by atoms with Crippen LogP contribution >= 0.6 is 11.8 Å². The van der Waals surface area contributed by atoms with Crippen molar-refractivity contribution in [1.82, 2.24) is 9.55 Å². The number of rotatable bonds is 11. The maximum atomic E-state index is 13.7. The summed E-state index contributed by atoms with van der Waals surface area (Å²) in [4.78, 5) is 31.2. The highest BCUT2D eigenvalue weighted by Gasteiger charge is 2.17. The van der Waals surface area contributed by atoms with E-state index in [0.29, 0.717) is 45.6 Å². The molecule has 3 N–H and O–H groups in total. The average Bonchev–Trinajstić information content (AvgIpc) is 2.95. The fourth-order valence-corrected chi connectivity index (χ4v) is 5.54. The van der Waals surface area contributed by atoms with Crippen molar-refractivity contribution in [3.05, 3.63) is 82.1 Å². The lowest BCUT2D eigenvalue weighted by atomic mass is 10.0. The zero-order chi connectivity index (χ0) is 29.7. The summed E-state index contributed by atoms with van der Waals surface area (Å²) in [5, 5.41) is 8.79. The summed E-state index contributed by atoms with van der Waals surface area (Å²) in [7, 11) is -0.824. The van der Waals surface area contributed by atoms with Gasteiger partial charge in [-0.1, -0.05) is 49.9 Å². The number of anilines is 1. The van der Waals surface area contributed by atoms with Gasteiger partial charge in [-0.25, -0.2) is 18.5 Å². The minimum atomic E-state index is -3.81. The number of nitrogens with two attached hydrogens (primary N) is 1. The van der Waals surface area contributed by atoms with Gasteiger partial charge in [0.25, 0.3) is 5.56 Å². The third-order valence-corrected chi connectivity index (χ3v) is 8.40. The fourth-order valence-electron chi connectivity index (χ4n) is 4.20. The van der Waals surface area contributed by atoms with Gasteiger partial charge in [0.1, 0.15) is 0 Å². The molecule has 0 atom stereocenters.